The second-order valence-corrected chi connectivity index (χ2v) is 2.77. The molecule has 0 saturated carbocycles. The molecule has 0 bridgehead atoms. The molecule has 0 aliphatic carbocycles. The zero-order chi connectivity index (χ0) is 11.3. The minimum absolute atomic E-state index is 0.206. The van der Waals surface area contributed by atoms with Crippen LogP contribution in [0.3, 0.4) is 0 Å². The Morgan fingerprint density at radius 3 is 2.53 bits per heavy atom. The van der Waals surface area contributed by atoms with Crippen LogP contribution in [-0.4, -0.2) is 41.2 Å². The lowest BCUT2D eigenvalue weighted by atomic mass is 10.3. The second-order valence-electron chi connectivity index (χ2n) is 2.77. The van der Waals surface area contributed by atoms with E-state index in [9.17, 15) is 0 Å². The Kier molecular flexibility index (Phi) is 3.90. The monoisotopic (exact) mass is 213 g/mol. The largest absolute Gasteiger partial charge is 0.397 e. The summed E-state index contributed by atoms with van der Waals surface area (Å²) in [6.45, 7) is 5.53. The topological polar surface area (TPSA) is 89.8 Å². The molecule has 0 radical (unpaired) electrons. The Bertz CT molecular complexity index is 332. The lowest BCUT2D eigenvalue weighted by molar-refractivity contribution is 0.206. The van der Waals surface area contributed by atoms with Gasteiger partial charge in [0.25, 0.3) is 0 Å². The molecular weight excluding hydrogens is 198 g/mol. The Morgan fingerprint density at radius 1 is 1.47 bits per heavy atom. The fourth-order valence-corrected chi connectivity index (χ4v) is 1.21. The highest BCUT2D eigenvalue weighted by atomic mass is 16.6. The van der Waals surface area contributed by atoms with Crippen LogP contribution in [0.15, 0.2) is 9.78 Å². The summed E-state index contributed by atoms with van der Waals surface area (Å²) in [7, 11) is 1.47. The van der Waals surface area contributed by atoms with Gasteiger partial charge in [0.05, 0.1) is 0 Å². The van der Waals surface area contributed by atoms with Crippen LogP contribution in [0.25, 0.3) is 0 Å². The van der Waals surface area contributed by atoms with Crippen LogP contribution < -0.4 is 5.73 Å². The van der Waals surface area contributed by atoms with Gasteiger partial charge in [-0.05, 0) is 24.2 Å². The molecule has 0 atom stereocenters. The van der Waals surface area contributed by atoms with E-state index in [-0.39, 0.29) is 5.82 Å². The summed E-state index contributed by atoms with van der Waals surface area (Å²) < 4.78 is 4.52. The van der Waals surface area contributed by atoms with Crippen molar-refractivity contribution >= 4 is 11.7 Å². The van der Waals surface area contributed by atoms with Crippen molar-refractivity contribution in [1.29, 1.82) is 0 Å². The van der Waals surface area contributed by atoms with Gasteiger partial charge in [0.15, 0.2) is 11.5 Å². The average Bonchev–Trinajstić information content (AvgIpc) is 2.65. The van der Waals surface area contributed by atoms with Crippen LogP contribution in [0.2, 0.25) is 0 Å². The third-order valence-corrected chi connectivity index (χ3v) is 1.97. The van der Waals surface area contributed by atoms with Crippen LogP contribution in [0, 0.1) is 0 Å². The fourth-order valence-electron chi connectivity index (χ4n) is 1.21. The third kappa shape index (κ3) is 2.36. The Balaban J connectivity index is 3.03. The molecule has 0 saturated heterocycles. The van der Waals surface area contributed by atoms with Gasteiger partial charge in [-0.15, -0.1) is 0 Å². The number of rotatable bonds is 4. The summed E-state index contributed by atoms with van der Waals surface area (Å²) in [6.07, 6.45) is 0. The summed E-state index contributed by atoms with van der Waals surface area (Å²) in [5.41, 5.74) is 5.99. The smallest absolute Gasteiger partial charge is 0.201 e. The number of aromatic nitrogens is 2. The lowest BCUT2D eigenvalue weighted by Gasteiger charge is -2.20. The molecule has 0 aliphatic heterocycles. The maximum atomic E-state index is 5.59. The van der Waals surface area contributed by atoms with Crippen LogP contribution in [0.1, 0.15) is 19.5 Å². The first-order chi connectivity index (χ1) is 7.24. The predicted molar refractivity (Wildman–Crippen MR) is 55.2 cm³/mol. The Hall–Kier alpha value is -1.79. The van der Waals surface area contributed by atoms with Crippen molar-refractivity contribution in [3.63, 3.8) is 0 Å². The maximum Gasteiger partial charge on any atom is 0.201 e. The van der Waals surface area contributed by atoms with E-state index in [1.165, 1.54) is 7.11 Å². The zero-order valence-electron chi connectivity index (χ0n) is 9.10. The number of hydrogen-bond acceptors (Lipinski definition) is 6. The standard InChI is InChI=1S/C8H15N5O2/c1-4-13(5-2)8(12-14-3)6-7(9)11-15-10-6/h4-5H2,1-3H3,(H2,9,11)/b12-8-. The summed E-state index contributed by atoms with van der Waals surface area (Å²) in [5.74, 6) is 0.735. The molecule has 0 unspecified atom stereocenters. The number of hydrogen-bond donors (Lipinski definition) is 1. The van der Waals surface area contributed by atoms with Gasteiger partial charge in [-0.1, -0.05) is 5.16 Å². The van der Waals surface area contributed by atoms with E-state index in [4.69, 9.17) is 10.6 Å². The van der Waals surface area contributed by atoms with Gasteiger partial charge in [-0.3, -0.25) is 0 Å². The molecule has 1 aromatic rings. The molecule has 0 aromatic carbocycles. The van der Waals surface area contributed by atoms with Crippen molar-refractivity contribution in [3.05, 3.63) is 5.69 Å². The first kappa shape index (κ1) is 11.3. The summed E-state index contributed by atoms with van der Waals surface area (Å²) >= 11 is 0. The molecule has 1 heterocycles. The molecule has 1 rings (SSSR count). The number of nitrogens with zero attached hydrogens (tertiary/aromatic N) is 4. The third-order valence-electron chi connectivity index (χ3n) is 1.97. The molecule has 0 fully saturated rings. The van der Waals surface area contributed by atoms with E-state index in [0.29, 0.717) is 11.5 Å². The first-order valence-corrected chi connectivity index (χ1v) is 4.69. The Morgan fingerprint density at radius 2 is 2.13 bits per heavy atom. The van der Waals surface area contributed by atoms with Crippen molar-refractivity contribution in [3.8, 4) is 0 Å². The van der Waals surface area contributed by atoms with Gasteiger partial charge in [-0.2, -0.15) is 0 Å². The molecule has 0 amide bonds. The summed E-state index contributed by atoms with van der Waals surface area (Å²) in [5, 5.41) is 11.1. The minimum atomic E-state index is 0.206. The molecule has 84 valence electrons. The van der Waals surface area contributed by atoms with Crippen molar-refractivity contribution in [2.45, 2.75) is 13.8 Å². The van der Waals surface area contributed by atoms with Crippen molar-refractivity contribution in [1.82, 2.24) is 15.2 Å². The molecule has 7 heteroatoms. The van der Waals surface area contributed by atoms with E-state index in [0.717, 1.165) is 13.1 Å². The Labute approximate surface area is 87.8 Å². The molecule has 2 N–H and O–H groups in total. The number of anilines is 1. The van der Waals surface area contributed by atoms with Gasteiger partial charge >= 0.3 is 0 Å². The SMILES string of the molecule is CCN(CC)/C(=N\OC)c1nonc1N. The zero-order valence-corrected chi connectivity index (χ0v) is 9.10. The molecule has 0 aliphatic rings. The highest BCUT2D eigenvalue weighted by molar-refractivity contribution is 5.99. The van der Waals surface area contributed by atoms with Crippen molar-refractivity contribution < 1.29 is 9.47 Å². The van der Waals surface area contributed by atoms with E-state index in [2.05, 4.69) is 20.1 Å². The quantitative estimate of drug-likeness (QED) is 0.439. The predicted octanol–water partition coefficient (Wildman–Crippen LogP) is 0.302. The first-order valence-electron chi connectivity index (χ1n) is 4.69. The second kappa shape index (κ2) is 5.18. The van der Waals surface area contributed by atoms with Crippen molar-refractivity contribution in [2.24, 2.45) is 5.16 Å². The number of oxime groups is 1. The van der Waals surface area contributed by atoms with Gasteiger partial charge in [0.1, 0.15) is 7.11 Å². The van der Waals surface area contributed by atoms with Gasteiger partial charge in [-0.25, -0.2) is 4.63 Å². The van der Waals surface area contributed by atoms with Crippen LogP contribution in [0.4, 0.5) is 5.82 Å². The number of amidine groups is 1. The number of nitrogens with two attached hydrogens (primary N) is 1. The minimum Gasteiger partial charge on any atom is -0.397 e. The van der Waals surface area contributed by atoms with E-state index in [1.54, 1.807) is 0 Å². The van der Waals surface area contributed by atoms with Gasteiger partial charge in [0, 0.05) is 13.1 Å². The van der Waals surface area contributed by atoms with Crippen LogP contribution >= 0.6 is 0 Å². The average molecular weight is 213 g/mol. The van der Waals surface area contributed by atoms with E-state index >= 15 is 0 Å². The fraction of sp³-hybridized carbons (Fsp3) is 0.625. The highest BCUT2D eigenvalue weighted by Gasteiger charge is 2.19. The van der Waals surface area contributed by atoms with Crippen molar-refractivity contribution in [2.75, 3.05) is 25.9 Å². The van der Waals surface area contributed by atoms with Crippen LogP contribution in [0.5, 0.6) is 0 Å². The van der Waals surface area contributed by atoms with E-state index < -0.39 is 0 Å². The molecular formula is C8H15N5O2. The van der Waals surface area contributed by atoms with Gasteiger partial charge < -0.3 is 15.5 Å². The normalized spacial score (nSPS) is 11.5. The van der Waals surface area contributed by atoms with Crippen LogP contribution in [-0.2, 0) is 4.84 Å². The molecule has 1 aromatic heterocycles. The summed E-state index contributed by atoms with van der Waals surface area (Å²) in [4.78, 5) is 6.69. The van der Waals surface area contributed by atoms with Gasteiger partial charge in [0.2, 0.25) is 5.84 Å². The molecule has 15 heavy (non-hydrogen) atoms. The summed E-state index contributed by atoms with van der Waals surface area (Å²) in [6, 6.07) is 0. The highest BCUT2D eigenvalue weighted by Crippen LogP contribution is 2.09. The lowest BCUT2D eigenvalue weighted by Crippen LogP contribution is -2.32. The number of nitrogen functional groups attached to an aromatic ring is 1. The maximum absolute atomic E-state index is 5.59. The molecule has 7 nitrogen and oxygen atoms in total. The molecule has 0 spiro atoms. The van der Waals surface area contributed by atoms with E-state index in [1.807, 2.05) is 18.7 Å².